The van der Waals surface area contributed by atoms with Gasteiger partial charge in [-0.25, -0.2) is 0 Å². The average molecular weight is 335 g/mol. The van der Waals surface area contributed by atoms with Gasteiger partial charge in [-0.05, 0) is 37.6 Å². The van der Waals surface area contributed by atoms with Gasteiger partial charge in [0.2, 0.25) is 11.8 Å². The molecule has 3 rings (SSSR count). The SMILES string of the molecule is CC(C)(C)CN1CCCC(N2CCCC(c3nnc(N)o3)C2)C1=O. The Morgan fingerprint density at radius 2 is 1.96 bits per heavy atom. The molecule has 3 heterocycles. The molecule has 2 aliphatic heterocycles. The molecular weight excluding hydrogens is 306 g/mol. The standard InChI is InChI=1S/C17H29N5O2/c1-17(2,3)11-22-9-5-7-13(15(22)23)21-8-4-6-12(10-21)14-19-20-16(18)24-14/h12-13H,4-11H2,1-3H3,(H2,18,20). The van der Waals surface area contributed by atoms with Gasteiger partial charge in [0.15, 0.2) is 0 Å². The van der Waals surface area contributed by atoms with E-state index >= 15 is 0 Å². The fourth-order valence-electron chi connectivity index (χ4n) is 3.89. The lowest BCUT2D eigenvalue weighted by molar-refractivity contribution is -0.142. The van der Waals surface area contributed by atoms with Gasteiger partial charge < -0.3 is 15.1 Å². The molecule has 0 spiro atoms. The Morgan fingerprint density at radius 3 is 2.62 bits per heavy atom. The summed E-state index contributed by atoms with van der Waals surface area (Å²) in [5.74, 6) is 1.06. The molecular formula is C17H29N5O2. The molecule has 2 saturated heterocycles. The molecule has 2 unspecified atom stereocenters. The van der Waals surface area contributed by atoms with E-state index < -0.39 is 0 Å². The third-order valence-electron chi connectivity index (χ3n) is 4.87. The summed E-state index contributed by atoms with van der Waals surface area (Å²) >= 11 is 0. The van der Waals surface area contributed by atoms with Crippen LogP contribution in [-0.4, -0.2) is 58.1 Å². The van der Waals surface area contributed by atoms with Gasteiger partial charge in [-0.1, -0.05) is 25.9 Å². The normalized spacial score (nSPS) is 26.8. The highest BCUT2D eigenvalue weighted by Gasteiger charge is 2.37. The zero-order chi connectivity index (χ0) is 17.3. The summed E-state index contributed by atoms with van der Waals surface area (Å²) in [6, 6.07) is 0.108. The van der Waals surface area contributed by atoms with Crippen molar-refractivity contribution in [3.05, 3.63) is 5.89 Å². The minimum absolute atomic E-state index is 0.0100. The Hall–Kier alpha value is -1.63. The van der Waals surface area contributed by atoms with Crippen LogP contribution in [0.1, 0.15) is 58.3 Å². The first-order chi connectivity index (χ1) is 11.3. The number of aromatic nitrogens is 2. The topological polar surface area (TPSA) is 88.5 Å². The summed E-state index contributed by atoms with van der Waals surface area (Å²) in [7, 11) is 0. The van der Waals surface area contributed by atoms with Crippen molar-refractivity contribution in [1.82, 2.24) is 20.0 Å². The van der Waals surface area contributed by atoms with E-state index in [1.54, 1.807) is 0 Å². The second-order valence-corrected chi connectivity index (χ2v) is 8.29. The number of carbonyl (C=O) groups excluding carboxylic acids is 1. The first-order valence-electron chi connectivity index (χ1n) is 8.95. The molecule has 24 heavy (non-hydrogen) atoms. The number of nitrogens with two attached hydrogens (primary N) is 1. The number of amides is 1. The number of nitrogens with zero attached hydrogens (tertiary/aromatic N) is 4. The number of anilines is 1. The van der Waals surface area contributed by atoms with Crippen LogP contribution >= 0.6 is 0 Å². The van der Waals surface area contributed by atoms with Crippen molar-refractivity contribution in [3.63, 3.8) is 0 Å². The monoisotopic (exact) mass is 335 g/mol. The quantitative estimate of drug-likeness (QED) is 0.907. The molecule has 0 aliphatic carbocycles. The highest BCUT2D eigenvalue weighted by molar-refractivity contribution is 5.82. The van der Waals surface area contributed by atoms with Gasteiger partial charge in [-0.3, -0.25) is 9.69 Å². The Kier molecular flexibility index (Phi) is 4.80. The maximum Gasteiger partial charge on any atom is 0.312 e. The largest absolute Gasteiger partial charge is 0.408 e. The maximum absolute atomic E-state index is 13.0. The third kappa shape index (κ3) is 3.88. The van der Waals surface area contributed by atoms with E-state index in [-0.39, 0.29) is 29.3 Å². The Balaban J connectivity index is 1.67. The molecule has 1 aromatic heterocycles. The molecule has 0 bridgehead atoms. The summed E-state index contributed by atoms with van der Waals surface area (Å²) in [6.45, 7) is 9.99. The van der Waals surface area contributed by atoms with E-state index in [0.29, 0.717) is 5.89 Å². The second-order valence-electron chi connectivity index (χ2n) is 8.29. The van der Waals surface area contributed by atoms with Gasteiger partial charge in [0.05, 0.1) is 12.0 Å². The highest BCUT2D eigenvalue weighted by Crippen LogP contribution is 2.30. The first-order valence-corrected chi connectivity index (χ1v) is 8.95. The van der Waals surface area contributed by atoms with E-state index in [0.717, 1.165) is 51.9 Å². The molecule has 2 fully saturated rings. The summed E-state index contributed by atoms with van der Waals surface area (Å²) in [4.78, 5) is 17.3. The molecule has 0 aromatic carbocycles. The van der Waals surface area contributed by atoms with Gasteiger partial charge >= 0.3 is 6.01 Å². The van der Waals surface area contributed by atoms with Crippen molar-refractivity contribution in [1.29, 1.82) is 0 Å². The highest BCUT2D eigenvalue weighted by atomic mass is 16.4. The van der Waals surface area contributed by atoms with Crippen molar-refractivity contribution < 1.29 is 9.21 Å². The molecule has 0 radical (unpaired) electrons. The lowest BCUT2D eigenvalue weighted by Gasteiger charge is -2.43. The summed E-state index contributed by atoms with van der Waals surface area (Å²) in [5, 5.41) is 7.80. The van der Waals surface area contributed by atoms with Crippen LogP contribution in [0.15, 0.2) is 4.42 Å². The lowest BCUT2D eigenvalue weighted by Crippen LogP contribution is -2.55. The Bertz CT molecular complexity index is 580. The van der Waals surface area contributed by atoms with E-state index in [9.17, 15) is 4.79 Å². The van der Waals surface area contributed by atoms with Gasteiger partial charge in [0.1, 0.15) is 0 Å². The van der Waals surface area contributed by atoms with E-state index in [4.69, 9.17) is 10.2 Å². The number of rotatable bonds is 3. The molecule has 1 aromatic rings. The second kappa shape index (κ2) is 6.70. The van der Waals surface area contributed by atoms with Crippen molar-refractivity contribution in [3.8, 4) is 0 Å². The van der Waals surface area contributed by atoms with Crippen molar-refractivity contribution >= 4 is 11.9 Å². The molecule has 2 atom stereocenters. The molecule has 2 aliphatic rings. The summed E-state index contributed by atoms with van der Waals surface area (Å²) < 4.78 is 5.41. The van der Waals surface area contributed by atoms with E-state index in [1.165, 1.54) is 0 Å². The average Bonchev–Trinajstić information content (AvgIpc) is 2.95. The third-order valence-corrected chi connectivity index (χ3v) is 4.87. The summed E-state index contributed by atoms with van der Waals surface area (Å²) in [5.41, 5.74) is 5.68. The van der Waals surface area contributed by atoms with Crippen LogP contribution in [0.4, 0.5) is 6.01 Å². The van der Waals surface area contributed by atoms with E-state index in [2.05, 4.69) is 35.9 Å². The molecule has 2 N–H and O–H groups in total. The smallest absolute Gasteiger partial charge is 0.312 e. The predicted octanol–water partition coefficient (Wildman–Crippen LogP) is 1.87. The predicted molar refractivity (Wildman–Crippen MR) is 91.3 cm³/mol. The fourth-order valence-corrected chi connectivity index (χ4v) is 3.89. The Labute approximate surface area is 143 Å². The zero-order valence-corrected chi connectivity index (χ0v) is 15.0. The van der Waals surface area contributed by atoms with Crippen molar-refractivity contribution in [2.45, 2.75) is 58.4 Å². The first kappa shape index (κ1) is 17.2. The number of likely N-dealkylation sites (tertiary alicyclic amines) is 2. The summed E-state index contributed by atoms with van der Waals surface area (Å²) in [6.07, 6.45) is 4.06. The van der Waals surface area contributed by atoms with Gasteiger partial charge in [-0.2, -0.15) is 0 Å². The van der Waals surface area contributed by atoms with Crippen LogP contribution in [0.3, 0.4) is 0 Å². The fraction of sp³-hybridized carbons (Fsp3) is 0.824. The number of nitrogen functional groups attached to an aromatic ring is 1. The van der Waals surface area contributed by atoms with E-state index in [1.807, 2.05) is 4.90 Å². The van der Waals surface area contributed by atoms with Crippen molar-refractivity contribution in [2.75, 3.05) is 31.9 Å². The van der Waals surface area contributed by atoms with Gasteiger partial charge in [-0.15, -0.1) is 5.10 Å². The van der Waals surface area contributed by atoms with Crippen LogP contribution in [0.25, 0.3) is 0 Å². The minimum atomic E-state index is -0.0100. The van der Waals surface area contributed by atoms with Crippen LogP contribution in [0, 0.1) is 5.41 Å². The molecule has 7 heteroatoms. The molecule has 7 nitrogen and oxygen atoms in total. The van der Waals surface area contributed by atoms with Crippen LogP contribution in [0.5, 0.6) is 0 Å². The number of hydrogen-bond acceptors (Lipinski definition) is 6. The Morgan fingerprint density at radius 1 is 1.21 bits per heavy atom. The molecule has 1 amide bonds. The van der Waals surface area contributed by atoms with Gasteiger partial charge in [0.25, 0.3) is 0 Å². The lowest BCUT2D eigenvalue weighted by atomic mass is 9.91. The maximum atomic E-state index is 13.0. The number of hydrogen-bond donors (Lipinski definition) is 1. The van der Waals surface area contributed by atoms with Crippen LogP contribution < -0.4 is 5.73 Å². The molecule has 134 valence electrons. The van der Waals surface area contributed by atoms with Gasteiger partial charge in [0, 0.05) is 19.6 Å². The molecule has 0 saturated carbocycles. The number of piperidine rings is 2. The van der Waals surface area contributed by atoms with Crippen LogP contribution in [-0.2, 0) is 4.79 Å². The number of carbonyl (C=O) groups is 1. The minimum Gasteiger partial charge on any atom is -0.408 e. The zero-order valence-electron chi connectivity index (χ0n) is 15.0. The van der Waals surface area contributed by atoms with Crippen LogP contribution in [0.2, 0.25) is 0 Å². The van der Waals surface area contributed by atoms with Crippen molar-refractivity contribution in [2.24, 2.45) is 5.41 Å².